The van der Waals surface area contributed by atoms with Crippen LogP contribution in [-0.2, 0) is 0 Å². The van der Waals surface area contributed by atoms with E-state index in [1.165, 1.54) is 68.9 Å². The van der Waals surface area contributed by atoms with Crippen molar-refractivity contribution in [3.8, 4) is 16.9 Å². The maximum absolute atomic E-state index is 11.6. The summed E-state index contributed by atoms with van der Waals surface area (Å²) in [5, 5.41) is 11.6. The molecule has 5 unspecified atom stereocenters. The van der Waals surface area contributed by atoms with Gasteiger partial charge in [-0.3, -0.25) is 4.99 Å². The summed E-state index contributed by atoms with van der Waals surface area (Å²) in [5.41, 5.74) is 5.28. The minimum absolute atomic E-state index is 0.445. The van der Waals surface area contributed by atoms with Crippen LogP contribution in [0.4, 0.5) is 5.69 Å². The van der Waals surface area contributed by atoms with Crippen molar-refractivity contribution in [2.45, 2.75) is 63.7 Å². The number of hydrogen-bond acceptors (Lipinski definition) is 2. The molecule has 2 heteroatoms. The molecule has 5 atom stereocenters. The second-order valence-electron chi connectivity index (χ2n) is 11.2. The van der Waals surface area contributed by atoms with Crippen LogP contribution in [-0.4, -0.2) is 11.3 Å². The third-order valence-corrected chi connectivity index (χ3v) is 9.24. The summed E-state index contributed by atoms with van der Waals surface area (Å²) in [5.74, 6) is 4.30. The van der Waals surface area contributed by atoms with E-state index in [0.29, 0.717) is 17.6 Å². The van der Waals surface area contributed by atoms with Crippen molar-refractivity contribution in [1.82, 2.24) is 0 Å². The number of aliphatic imine (C=N–C) groups is 1. The molecular weight excluding hydrogens is 426 g/mol. The van der Waals surface area contributed by atoms with E-state index in [-0.39, 0.29) is 0 Å². The lowest BCUT2D eigenvalue weighted by Gasteiger charge is -2.49. The van der Waals surface area contributed by atoms with Crippen LogP contribution in [0.15, 0.2) is 77.8 Å². The predicted octanol–water partition coefficient (Wildman–Crippen LogP) is 8.91. The first-order valence-electron chi connectivity index (χ1n) is 13.8. The number of rotatable bonds is 4. The van der Waals surface area contributed by atoms with Gasteiger partial charge in [0, 0.05) is 11.8 Å². The van der Waals surface area contributed by atoms with Gasteiger partial charge in [0.05, 0.1) is 5.69 Å². The van der Waals surface area contributed by atoms with Gasteiger partial charge in [0.15, 0.2) is 0 Å². The van der Waals surface area contributed by atoms with Gasteiger partial charge in [-0.2, -0.15) is 0 Å². The fourth-order valence-corrected chi connectivity index (χ4v) is 7.55. The molecule has 2 nitrogen and oxygen atoms in total. The lowest BCUT2D eigenvalue weighted by molar-refractivity contribution is 0.0385. The average molecular weight is 464 g/mol. The van der Waals surface area contributed by atoms with Crippen molar-refractivity contribution >= 4 is 11.9 Å². The van der Waals surface area contributed by atoms with Crippen LogP contribution < -0.4 is 0 Å². The summed E-state index contributed by atoms with van der Waals surface area (Å²) in [6, 6.07) is 25.0. The van der Waals surface area contributed by atoms with Crippen LogP contribution in [0.2, 0.25) is 0 Å². The number of hydrogen-bond donors (Lipinski definition) is 1. The number of phenolic OH excluding ortho intramolecular Hbond substituents is 1. The molecular formula is C33H37NO. The topological polar surface area (TPSA) is 32.6 Å². The number of benzene rings is 3. The van der Waals surface area contributed by atoms with E-state index in [4.69, 9.17) is 4.99 Å². The van der Waals surface area contributed by atoms with E-state index in [9.17, 15) is 5.11 Å². The van der Waals surface area contributed by atoms with Gasteiger partial charge in [-0.05, 0) is 89.8 Å². The first-order chi connectivity index (χ1) is 17.3. The molecule has 0 bridgehead atoms. The van der Waals surface area contributed by atoms with Crippen molar-refractivity contribution < 1.29 is 5.11 Å². The van der Waals surface area contributed by atoms with Crippen LogP contribution in [0.3, 0.4) is 0 Å². The molecule has 3 aliphatic rings. The van der Waals surface area contributed by atoms with E-state index in [0.717, 1.165) is 34.6 Å². The van der Waals surface area contributed by atoms with E-state index < -0.39 is 0 Å². The van der Waals surface area contributed by atoms with Gasteiger partial charge >= 0.3 is 0 Å². The Labute approximate surface area is 210 Å². The lowest BCUT2D eigenvalue weighted by atomic mass is 9.56. The molecule has 3 aromatic carbocycles. The highest BCUT2D eigenvalue weighted by molar-refractivity contribution is 5.89. The fraction of sp³-hybridized carbons (Fsp3) is 0.424. The van der Waals surface area contributed by atoms with Crippen LogP contribution >= 0.6 is 0 Å². The highest BCUT2D eigenvalue weighted by Gasteiger charge is 2.43. The molecule has 3 aromatic rings. The standard InChI is InChI=1S/C33H37NO/c35-33-28(22-34-29-15-5-2-6-16-29)19-27(23-10-3-1-4-11-23)21-32(33)30-17-9-14-26-18-24-12-7-8-13-25(24)20-31(26)30/h1-6,10-11,15-16,19,21-22,24-26,30-31,35H,7-9,12-14,17-18,20H2. The van der Waals surface area contributed by atoms with E-state index in [1.54, 1.807) is 0 Å². The summed E-state index contributed by atoms with van der Waals surface area (Å²) in [7, 11) is 0. The minimum Gasteiger partial charge on any atom is -0.507 e. The molecule has 180 valence electrons. The Morgan fingerprint density at radius 2 is 1.37 bits per heavy atom. The Kier molecular flexibility index (Phi) is 6.46. The summed E-state index contributed by atoms with van der Waals surface area (Å²) in [6.07, 6.45) is 14.2. The van der Waals surface area contributed by atoms with Gasteiger partial charge in [-0.1, -0.05) is 87.1 Å². The molecule has 1 N–H and O–H groups in total. The fourth-order valence-electron chi connectivity index (χ4n) is 7.55. The SMILES string of the molecule is Oc1c(C=Nc2ccccc2)cc(-c2ccccc2)cc1C1CCCC2CC3CCCCC3CC21. The zero-order valence-electron chi connectivity index (χ0n) is 20.7. The number of para-hydroxylation sites is 1. The number of phenols is 1. The first kappa shape index (κ1) is 22.6. The third-order valence-electron chi connectivity index (χ3n) is 9.24. The zero-order chi connectivity index (χ0) is 23.6. The van der Waals surface area contributed by atoms with Gasteiger partial charge in [0.1, 0.15) is 5.75 Å². The van der Waals surface area contributed by atoms with Gasteiger partial charge in [0.2, 0.25) is 0 Å². The first-order valence-corrected chi connectivity index (χ1v) is 13.8. The normalized spacial score (nSPS) is 28.4. The third kappa shape index (κ3) is 4.68. The van der Waals surface area contributed by atoms with Crippen molar-refractivity contribution in [3.05, 3.63) is 83.9 Å². The molecule has 0 aliphatic heterocycles. The molecule has 3 saturated carbocycles. The van der Waals surface area contributed by atoms with Gasteiger partial charge in [-0.15, -0.1) is 0 Å². The Balaban J connectivity index is 1.40. The second kappa shape index (κ2) is 10.0. The zero-order valence-corrected chi connectivity index (χ0v) is 20.7. The van der Waals surface area contributed by atoms with Crippen LogP contribution in [0.25, 0.3) is 11.1 Å². The highest BCUT2D eigenvalue weighted by Crippen LogP contribution is 2.55. The van der Waals surface area contributed by atoms with E-state index >= 15 is 0 Å². The van der Waals surface area contributed by atoms with Crippen LogP contribution in [0, 0.1) is 23.7 Å². The molecule has 35 heavy (non-hydrogen) atoms. The summed E-state index contributed by atoms with van der Waals surface area (Å²) < 4.78 is 0. The molecule has 3 fully saturated rings. The molecule has 0 aromatic heterocycles. The highest BCUT2D eigenvalue weighted by atomic mass is 16.3. The van der Waals surface area contributed by atoms with Crippen molar-refractivity contribution in [2.24, 2.45) is 28.7 Å². The quantitative estimate of drug-likeness (QED) is 0.385. The maximum Gasteiger partial charge on any atom is 0.127 e. The Morgan fingerprint density at radius 3 is 2.14 bits per heavy atom. The molecule has 0 radical (unpaired) electrons. The Bertz CT molecular complexity index is 1170. The van der Waals surface area contributed by atoms with Gasteiger partial charge in [-0.25, -0.2) is 0 Å². The predicted molar refractivity (Wildman–Crippen MR) is 145 cm³/mol. The summed E-state index contributed by atoms with van der Waals surface area (Å²) in [4.78, 5) is 4.71. The number of fused-ring (bicyclic) bond motifs is 2. The van der Waals surface area contributed by atoms with Crippen molar-refractivity contribution in [1.29, 1.82) is 0 Å². The van der Waals surface area contributed by atoms with Crippen LogP contribution in [0.1, 0.15) is 74.8 Å². The molecule has 0 spiro atoms. The van der Waals surface area contributed by atoms with E-state index in [2.05, 4.69) is 42.5 Å². The minimum atomic E-state index is 0.445. The van der Waals surface area contributed by atoms with Crippen molar-refractivity contribution in [3.63, 3.8) is 0 Å². The summed E-state index contributed by atoms with van der Waals surface area (Å²) >= 11 is 0. The largest absolute Gasteiger partial charge is 0.507 e. The van der Waals surface area contributed by atoms with E-state index in [1.807, 2.05) is 36.5 Å². The Hall–Kier alpha value is -2.87. The Morgan fingerprint density at radius 1 is 0.686 bits per heavy atom. The average Bonchev–Trinajstić information content (AvgIpc) is 2.92. The second-order valence-corrected chi connectivity index (χ2v) is 11.2. The molecule has 0 amide bonds. The van der Waals surface area contributed by atoms with Crippen molar-refractivity contribution in [2.75, 3.05) is 0 Å². The molecule has 6 rings (SSSR count). The smallest absolute Gasteiger partial charge is 0.127 e. The molecule has 0 heterocycles. The number of nitrogens with zero attached hydrogens (tertiary/aromatic N) is 1. The van der Waals surface area contributed by atoms with Gasteiger partial charge in [0.25, 0.3) is 0 Å². The maximum atomic E-state index is 11.6. The molecule has 0 saturated heterocycles. The van der Waals surface area contributed by atoms with Gasteiger partial charge < -0.3 is 5.11 Å². The monoisotopic (exact) mass is 463 g/mol. The van der Waals surface area contributed by atoms with Crippen LogP contribution in [0.5, 0.6) is 5.75 Å². The summed E-state index contributed by atoms with van der Waals surface area (Å²) in [6.45, 7) is 0. The number of aromatic hydroxyl groups is 1. The molecule has 3 aliphatic carbocycles. The lowest BCUT2D eigenvalue weighted by Crippen LogP contribution is -2.38.